The highest BCUT2D eigenvalue weighted by Gasteiger charge is 2.36. The number of anilines is 1. The second kappa shape index (κ2) is 12.7. The maximum absolute atomic E-state index is 13.0. The van der Waals surface area contributed by atoms with Crippen molar-refractivity contribution in [2.24, 2.45) is 11.3 Å². The van der Waals surface area contributed by atoms with E-state index in [0.717, 1.165) is 12.8 Å². The number of carbonyl (C=O) groups is 3. The summed E-state index contributed by atoms with van der Waals surface area (Å²) in [5, 5.41) is 5.91. The van der Waals surface area contributed by atoms with Crippen LogP contribution >= 0.6 is 0 Å². The third kappa shape index (κ3) is 8.38. The van der Waals surface area contributed by atoms with Crippen molar-refractivity contribution in [1.82, 2.24) is 10.2 Å². The van der Waals surface area contributed by atoms with E-state index >= 15 is 0 Å². The summed E-state index contributed by atoms with van der Waals surface area (Å²) in [6, 6.07) is 6.26. The number of benzene rings is 1. The summed E-state index contributed by atoms with van der Waals surface area (Å²) in [5.41, 5.74) is 2.39. The molecule has 2 N–H and O–H groups in total. The highest BCUT2D eigenvalue weighted by molar-refractivity contribution is 5.95. The lowest BCUT2D eigenvalue weighted by atomic mass is 9.84. The molecule has 0 radical (unpaired) electrons. The Morgan fingerprint density at radius 3 is 2.57 bits per heavy atom. The monoisotopic (exact) mass is 487 g/mol. The van der Waals surface area contributed by atoms with Crippen molar-refractivity contribution in [3.05, 3.63) is 41.1 Å². The van der Waals surface area contributed by atoms with Crippen LogP contribution in [0.15, 0.2) is 35.5 Å². The summed E-state index contributed by atoms with van der Waals surface area (Å²) in [7, 11) is 1.54. The zero-order valence-corrected chi connectivity index (χ0v) is 22.2. The van der Waals surface area contributed by atoms with Gasteiger partial charge in [0.05, 0.1) is 18.2 Å². The summed E-state index contributed by atoms with van der Waals surface area (Å²) in [5.74, 6) is -0.317. The first-order valence-corrected chi connectivity index (χ1v) is 12.3. The molecule has 8 heteroatoms. The number of urea groups is 1. The Balaban J connectivity index is 2.28. The SMILES string of the molecule is CCCN1C(=O)NC(c2cccc(NC(=O)CC(C)CC(C)(C)C)c2)C(C(=O)OCCOC)=C1C. The molecule has 1 aliphatic heterocycles. The number of methoxy groups -OCH3 is 1. The fourth-order valence-corrected chi connectivity index (χ4v) is 4.53. The molecule has 3 amide bonds. The lowest BCUT2D eigenvalue weighted by Crippen LogP contribution is -2.48. The van der Waals surface area contributed by atoms with Gasteiger partial charge in [0.1, 0.15) is 6.61 Å². The molecule has 0 aromatic heterocycles. The predicted molar refractivity (Wildman–Crippen MR) is 137 cm³/mol. The number of carbonyl (C=O) groups excluding carboxylic acids is 3. The summed E-state index contributed by atoms with van der Waals surface area (Å²) in [4.78, 5) is 40.1. The van der Waals surface area contributed by atoms with Crippen LogP contribution in [0.4, 0.5) is 10.5 Å². The quantitative estimate of drug-likeness (QED) is 0.337. The van der Waals surface area contributed by atoms with Crippen molar-refractivity contribution < 1.29 is 23.9 Å². The maximum atomic E-state index is 13.0. The molecule has 2 atom stereocenters. The van der Waals surface area contributed by atoms with E-state index in [1.165, 1.54) is 7.11 Å². The molecular formula is C27H41N3O5. The van der Waals surface area contributed by atoms with Gasteiger partial charge in [0, 0.05) is 31.5 Å². The average molecular weight is 488 g/mol. The van der Waals surface area contributed by atoms with E-state index in [9.17, 15) is 14.4 Å². The Morgan fingerprint density at radius 2 is 1.94 bits per heavy atom. The molecule has 35 heavy (non-hydrogen) atoms. The second-order valence-electron chi connectivity index (χ2n) is 10.4. The molecular weight excluding hydrogens is 446 g/mol. The highest BCUT2D eigenvalue weighted by Crippen LogP contribution is 2.33. The average Bonchev–Trinajstić information content (AvgIpc) is 2.75. The number of esters is 1. The Hall–Kier alpha value is -2.87. The molecule has 0 saturated carbocycles. The highest BCUT2D eigenvalue weighted by atomic mass is 16.6. The van der Waals surface area contributed by atoms with Gasteiger partial charge in [-0.1, -0.05) is 46.8 Å². The van der Waals surface area contributed by atoms with Crippen LogP contribution in [0.25, 0.3) is 0 Å². The van der Waals surface area contributed by atoms with Crippen LogP contribution in [-0.4, -0.2) is 49.7 Å². The van der Waals surface area contributed by atoms with Crippen LogP contribution in [0.5, 0.6) is 0 Å². The minimum Gasteiger partial charge on any atom is -0.460 e. The van der Waals surface area contributed by atoms with Gasteiger partial charge in [-0.2, -0.15) is 0 Å². The van der Waals surface area contributed by atoms with Crippen LogP contribution in [0.1, 0.15) is 72.4 Å². The van der Waals surface area contributed by atoms with Gasteiger partial charge in [0.25, 0.3) is 0 Å². The van der Waals surface area contributed by atoms with Crippen LogP contribution in [0, 0.1) is 11.3 Å². The van der Waals surface area contributed by atoms with Crippen molar-refractivity contribution >= 4 is 23.6 Å². The second-order valence-corrected chi connectivity index (χ2v) is 10.4. The Bertz CT molecular complexity index is 935. The smallest absolute Gasteiger partial charge is 0.338 e. The summed E-state index contributed by atoms with van der Waals surface area (Å²) < 4.78 is 10.4. The first kappa shape index (κ1) is 28.4. The molecule has 194 valence electrons. The van der Waals surface area contributed by atoms with Crippen molar-refractivity contribution in [1.29, 1.82) is 0 Å². The number of hydrogen-bond acceptors (Lipinski definition) is 5. The first-order chi connectivity index (χ1) is 16.5. The van der Waals surface area contributed by atoms with E-state index in [4.69, 9.17) is 9.47 Å². The van der Waals surface area contributed by atoms with Crippen LogP contribution in [0.3, 0.4) is 0 Å². The zero-order chi connectivity index (χ0) is 26.2. The van der Waals surface area contributed by atoms with Gasteiger partial charge in [0.15, 0.2) is 0 Å². The van der Waals surface area contributed by atoms with E-state index in [0.29, 0.717) is 35.5 Å². The van der Waals surface area contributed by atoms with Gasteiger partial charge in [-0.15, -0.1) is 0 Å². The lowest BCUT2D eigenvalue weighted by molar-refractivity contribution is -0.141. The molecule has 0 spiro atoms. The van der Waals surface area contributed by atoms with Gasteiger partial charge in [-0.05, 0) is 48.8 Å². The number of hydrogen-bond donors (Lipinski definition) is 2. The van der Waals surface area contributed by atoms with Crippen LogP contribution < -0.4 is 10.6 Å². The van der Waals surface area contributed by atoms with Gasteiger partial charge < -0.3 is 20.1 Å². The molecule has 0 fully saturated rings. The maximum Gasteiger partial charge on any atom is 0.338 e. The third-order valence-electron chi connectivity index (χ3n) is 5.78. The number of allylic oxidation sites excluding steroid dienone is 1. The normalized spacial score (nSPS) is 17.2. The molecule has 0 bridgehead atoms. The van der Waals surface area contributed by atoms with Gasteiger partial charge >= 0.3 is 12.0 Å². The predicted octanol–water partition coefficient (Wildman–Crippen LogP) is 5.03. The summed E-state index contributed by atoms with van der Waals surface area (Å²) >= 11 is 0. The minimum absolute atomic E-state index is 0.0633. The molecule has 0 saturated heterocycles. The molecule has 1 aromatic rings. The number of ether oxygens (including phenoxy) is 2. The zero-order valence-electron chi connectivity index (χ0n) is 22.2. The molecule has 1 heterocycles. The number of nitrogens with one attached hydrogen (secondary N) is 2. The molecule has 8 nitrogen and oxygen atoms in total. The van der Waals surface area contributed by atoms with Crippen LogP contribution in [0.2, 0.25) is 0 Å². The van der Waals surface area contributed by atoms with Crippen molar-refractivity contribution in [2.75, 3.05) is 32.2 Å². The standard InChI is InChI=1S/C27H41N3O5/c1-8-12-30-19(3)23(25(32)35-14-13-34-7)24(29-26(30)33)20-10-9-11-21(16-20)28-22(31)15-18(2)17-27(4,5)6/h9-11,16,18,24H,8,12-15,17H2,1-7H3,(H,28,31)(H,29,33). The number of rotatable bonds is 11. The van der Waals surface area contributed by atoms with Crippen molar-refractivity contribution in [2.45, 2.75) is 66.8 Å². The van der Waals surface area contributed by atoms with Gasteiger partial charge in [-0.25, -0.2) is 9.59 Å². The fourth-order valence-electron chi connectivity index (χ4n) is 4.53. The van der Waals surface area contributed by atoms with Crippen molar-refractivity contribution in [3.63, 3.8) is 0 Å². The van der Waals surface area contributed by atoms with Gasteiger partial charge in [-0.3, -0.25) is 9.69 Å². The minimum atomic E-state index is -0.692. The Morgan fingerprint density at radius 1 is 1.23 bits per heavy atom. The third-order valence-corrected chi connectivity index (χ3v) is 5.78. The molecule has 2 unspecified atom stereocenters. The largest absolute Gasteiger partial charge is 0.460 e. The Kier molecular flexibility index (Phi) is 10.3. The molecule has 0 aliphatic carbocycles. The van der Waals surface area contributed by atoms with E-state index in [1.54, 1.807) is 30.0 Å². The Labute approximate surface area is 209 Å². The topological polar surface area (TPSA) is 97.0 Å². The summed E-state index contributed by atoms with van der Waals surface area (Å²) in [6.07, 6.45) is 2.11. The molecule has 1 aromatic carbocycles. The first-order valence-electron chi connectivity index (χ1n) is 12.3. The lowest BCUT2D eigenvalue weighted by Gasteiger charge is -2.35. The van der Waals surface area contributed by atoms with Crippen LogP contribution in [-0.2, 0) is 19.1 Å². The van der Waals surface area contributed by atoms with E-state index < -0.39 is 12.0 Å². The van der Waals surface area contributed by atoms with Crippen molar-refractivity contribution in [3.8, 4) is 0 Å². The van der Waals surface area contributed by atoms with Gasteiger partial charge in [0.2, 0.25) is 5.91 Å². The van der Waals surface area contributed by atoms with E-state index in [2.05, 4.69) is 38.3 Å². The number of nitrogens with zero attached hydrogens (tertiary/aromatic N) is 1. The molecule has 1 aliphatic rings. The molecule has 2 rings (SSSR count). The number of amides is 3. The van der Waals surface area contributed by atoms with E-state index in [-0.39, 0.29) is 36.5 Å². The summed E-state index contributed by atoms with van der Waals surface area (Å²) in [6.45, 7) is 13.2. The van der Waals surface area contributed by atoms with E-state index in [1.807, 2.05) is 13.0 Å². The fraction of sp³-hybridized carbons (Fsp3) is 0.593.